The minimum atomic E-state index is -0.579. The molecule has 2 aromatic carbocycles. The van der Waals surface area contributed by atoms with Crippen LogP contribution in [0.4, 0.5) is 0 Å². The molecule has 0 heterocycles. The van der Waals surface area contributed by atoms with E-state index in [0.717, 1.165) is 34.8 Å². The van der Waals surface area contributed by atoms with Gasteiger partial charge < -0.3 is 15.0 Å². The van der Waals surface area contributed by atoms with E-state index in [2.05, 4.69) is 27.9 Å². The molecule has 2 aromatic rings. The lowest BCUT2D eigenvalue weighted by Crippen LogP contribution is -2.52. The molecule has 0 saturated heterocycles. The van der Waals surface area contributed by atoms with E-state index in [1.807, 2.05) is 49.4 Å². The predicted octanol–water partition coefficient (Wildman–Crippen LogP) is 5.19. The Kier molecular flexibility index (Phi) is 9.02. The molecule has 1 fully saturated rings. The Bertz CT molecular complexity index is 885. The first-order chi connectivity index (χ1) is 15.0. The van der Waals surface area contributed by atoms with Crippen LogP contribution in [-0.2, 0) is 16.1 Å². The standard InChI is InChI=1S/C24H28ClIN2O3/c1-2-22(24(30)27-19-8-4-5-9-19)28(15-17-7-3-6-10-21(17)25)23(29)16-31-20-13-11-18(26)12-14-20/h3,6-7,10-14,19,22H,2,4-5,8-9,15-16H2,1H3,(H,27,30)/t22-/m0/s1. The summed E-state index contributed by atoms with van der Waals surface area (Å²) in [6.45, 7) is 2.04. The summed E-state index contributed by atoms with van der Waals surface area (Å²) < 4.78 is 6.81. The average Bonchev–Trinajstić information content (AvgIpc) is 3.27. The van der Waals surface area contributed by atoms with Crippen molar-refractivity contribution in [2.45, 2.75) is 57.7 Å². The van der Waals surface area contributed by atoms with Gasteiger partial charge in [-0.15, -0.1) is 0 Å². The number of hydrogen-bond acceptors (Lipinski definition) is 3. The second kappa shape index (κ2) is 11.7. The maximum Gasteiger partial charge on any atom is 0.261 e. The SMILES string of the molecule is CC[C@@H](C(=O)NC1CCCC1)N(Cc1ccccc1Cl)C(=O)COc1ccc(I)cc1. The number of carbonyl (C=O) groups excluding carboxylic acids is 2. The van der Waals surface area contributed by atoms with Gasteiger partial charge in [0.15, 0.2) is 6.61 Å². The van der Waals surface area contributed by atoms with Crippen LogP contribution in [-0.4, -0.2) is 35.4 Å². The van der Waals surface area contributed by atoms with Crippen LogP contribution < -0.4 is 10.1 Å². The molecule has 2 amide bonds. The Morgan fingerprint density at radius 1 is 1.16 bits per heavy atom. The largest absolute Gasteiger partial charge is 0.484 e. The van der Waals surface area contributed by atoms with Gasteiger partial charge >= 0.3 is 0 Å². The lowest BCUT2D eigenvalue weighted by Gasteiger charge is -2.31. The maximum atomic E-state index is 13.2. The molecule has 1 atom stereocenters. The highest BCUT2D eigenvalue weighted by Crippen LogP contribution is 2.22. The molecule has 0 spiro atoms. The number of benzene rings is 2. The maximum absolute atomic E-state index is 13.2. The van der Waals surface area contributed by atoms with Gasteiger partial charge in [-0.2, -0.15) is 0 Å². The number of halogens is 2. The van der Waals surface area contributed by atoms with Crippen molar-refractivity contribution in [2.75, 3.05) is 6.61 Å². The van der Waals surface area contributed by atoms with E-state index < -0.39 is 6.04 Å². The molecule has 1 aliphatic rings. The summed E-state index contributed by atoms with van der Waals surface area (Å²) in [6, 6.07) is 14.5. The topological polar surface area (TPSA) is 58.6 Å². The Hall–Kier alpha value is -1.80. The van der Waals surface area contributed by atoms with Gasteiger partial charge in [0.2, 0.25) is 5.91 Å². The van der Waals surface area contributed by atoms with Crippen LogP contribution in [0, 0.1) is 3.57 Å². The Labute approximate surface area is 202 Å². The van der Waals surface area contributed by atoms with Crippen molar-refractivity contribution in [3.8, 4) is 5.75 Å². The van der Waals surface area contributed by atoms with Crippen molar-refractivity contribution in [1.29, 1.82) is 0 Å². The van der Waals surface area contributed by atoms with Gasteiger partial charge in [0, 0.05) is 21.2 Å². The van der Waals surface area contributed by atoms with E-state index in [0.29, 0.717) is 17.2 Å². The summed E-state index contributed by atoms with van der Waals surface area (Å²) in [5.74, 6) is 0.269. The lowest BCUT2D eigenvalue weighted by atomic mass is 10.1. The third-order valence-corrected chi connectivity index (χ3v) is 6.65. The van der Waals surface area contributed by atoms with Gasteiger partial charge in [-0.1, -0.05) is 49.6 Å². The Morgan fingerprint density at radius 2 is 1.84 bits per heavy atom. The number of carbonyl (C=O) groups is 2. The molecule has 0 radical (unpaired) electrons. The van der Waals surface area contributed by atoms with Gasteiger partial charge in [0.25, 0.3) is 5.91 Å². The molecule has 31 heavy (non-hydrogen) atoms. The summed E-state index contributed by atoms with van der Waals surface area (Å²) in [5, 5.41) is 3.71. The molecule has 166 valence electrons. The second-order valence-electron chi connectivity index (χ2n) is 7.77. The van der Waals surface area contributed by atoms with Crippen LogP contribution in [0.25, 0.3) is 0 Å². The molecule has 0 aromatic heterocycles. The molecule has 7 heteroatoms. The normalized spacial score (nSPS) is 14.8. The minimum Gasteiger partial charge on any atom is -0.484 e. The third-order valence-electron chi connectivity index (χ3n) is 5.56. The molecule has 5 nitrogen and oxygen atoms in total. The van der Waals surface area contributed by atoms with Crippen LogP contribution in [0.2, 0.25) is 5.02 Å². The molecule has 0 aliphatic heterocycles. The highest BCUT2D eigenvalue weighted by atomic mass is 127. The predicted molar refractivity (Wildman–Crippen MR) is 131 cm³/mol. The first-order valence-corrected chi connectivity index (χ1v) is 12.1. The quantitative estimate of drug-likeness (QED) is 0.434. The van der Waals surface area contributed by atoms with Crippen molar-refractivity contribution in [1.82, 2.24) is 10.2 Å². The molecule has 0 unspecified atom stereocenters. The highest BCUT2D eigenvalue weighted by molar-refractivity contribution is 14.1. The summed E-state index contributed by atoms with van der Waals surface area (Å²) >= 11 is 8.57. The zero-order valence-corrected chi connectivity index (χ0v) is 20.6. The van der Waals surface area contributed by atoms with Gasteiger partial charge in [0.1, 0.15) is 11.8 Å². The first kappa shape index (κ1) is 23.9. The highest BCUT2D eigenvalue weighted by Gasteiger charge is 2.31. The number of nitrogens with zero attached hydrogens (tertiary/aromatic N) is 1. The third kappa shape index (κ3) is 6.84. The zero-order chi connectivity index (χ0) is 22.2. The number of amides is 2. The Balaban J connectivity index is 1.76. The summed E-state index contributed by atoms with van der Waals surface area (Å²) in [6.07, 6.45) is 4.77. The molecular weight excluding hydrogens is 527 g/mol. The number of ether oxygens (including phenoxy) is 1. The van der Waals surface area contributed by atoms with E-state index in [4.69, 9.17) is 16.3 Å². The van der Waals surface area contributed by atoms with E-state index in [9.17, 15) is 9.59 Å². The van der Waals surface area contributed by atoms with Gasteiger partial charge in [-0.3, -0.25) is 9.59 Å². The number of hydrogen-bond donors (Lipinski definition) is 1. The van der Waals surface area contributed by atoms with Crippen molar-refractivity contribution >= 4 is 46.0 Å². The van der Waals surface area contributed by atoms with Gasteiger partial charge in [0.05, 0.1) is 0 Å². The van der Waals surface area contributed by atoms with Crippen LogP contribution >= 0.6 is 34.2 Å². The summed E-state index contributed by atoms with van der Waals surface area (Å²) in [7, 11) is 0. The smallest absolute Gasteiger partial charge is 0.261 e. The minimum absolute atomic E-state index is 0.107. The van der Waals surface area contributed by atoms with E-state index in [-0.39, 0.29) is 31.0 Å². The molecule has 0 bridgehead atoms. The van der Waals surface area contributed by atoms with Crippen LogP contribution in [0.5, 0.6) is 5.75 Å². The van der Waals surface area contributed by atoms with Crippen molar-refractivity contribution in [3.63, 3.8) is 0 Å². The molecular formula is C24H28ClIN2O3. The van der Waals surface area contributed by atoms with Crippen molar-refractivity contribution < 1.29 is 14.3 Å². The number of nitrogens with one attached hydrogen (secondary N) is 1. The van der Waals surface area contributed by atoms with Crippen molar-refractivity contribution in [3.05, 3.63) is 62.7 Å². The lowest BCUT2D eigenvalue weighted by molar-refractivity contribution is -0.143. The molecule has 1 saturated carbocycles. The fourth-order valence-electron chi connectivity index (χ4n) is 3.86. The molecule has 1 aliphatic carbocycles. The van der Waals surface area contributed by atoms with Crippen LogP contribution in [0.1, 0.15) is 44.6 Å². The second-order valence-corrected chi connectivity index (χ2v) is 9.42. The first-order valence-electron chi connectivity index (χ1n) is 10.7. The van der Waals surface area contributed by atoms with E-state index >= 15 is 0 Å². The van der Waals surface area contributed by atoms with Crippen LogP contribution in [0.3, 0.4) is 0 Å². The molecule has 3 rings (SSSR count). The number of rotatable bonds is 9. The van der Waals surface area contributed by atoms with E-state index in [1.54, 1.807) is 11.0 Å². The average molecular weight is 555 g/mol. The zero-order valence-electron chi connectivity index (χ0n) is 17.7. The summed E-state index contributed by atoms with van der Waals surface area (Å²) in [4.78, 5) is 27.9. The van der Waals surface area contributed by atoms with E-state index in [1.165, 1.54) is 0 Å². The van der Waals surface area contributed by atoms with Gasteiger partial charge in [-0.05, 0) is 77.7 Å². The van der Waals surface area contributed by atoms with Gasteiger partial charge in [-0.25, -0.2) is 0 Å². The van der Waals surface area contributed by atoms with Crippen molar-refractivity contribution in [2.24, 2.45) is 0 Å². The van der Waals surface area contributed by atoms with Crippen LogP contribution in [0.15, 0.2) is 48.5 Å². The summed E-state index contributed by atoms with van der Waals surface area (Å²) in [5.41, 5.74) is 0.805. The fraction of sp³-hybridized carbons (Fsp3) is 0.417. The Morgan fingerprint density at radius 3 is 2.48 bits per heavy atom. The fourth-order valence-corrected chi connectivity index (χ4v) is 4.41. The monoisotopic (exact) mass is 554 g/mol. The molecule has 1 N–H and O–H groups in total.